The zero-order valence-corrected chi connectivity index (χ0v) is 9.32. The number of imide groups is 1. The SMILES string of the molecule is CC1CCC(C)(N2C(=O)C=CC2=O)CC1. The van der Waals surface area contributed by atoms with Crippen LogP contribution in [0.25, 0.3) is 0 Å². The Hall–Kier alpha value is -1.12. The highest BCUT2D eigenvalue weighted by Gasteiger charge is 2.42. The van der Waals surface area contributed by atoms with E-state index in [-0.39, 0.29) is 17.4 Å². The first kappa shape index (κ1) is 10.4. The minimum absolute atomic E-state index is 0.142. The van der Waals surface area contributed by atoms with Gasteiger partial charge in [0.15, 0.2) is 0 Å². The normalized spacial score (nSPS) is 36.4. The first-order chi connectivity index (χ1) is 7.03. The lowest BCUT2D eigenvalue weighted by Crippen LogP contribution is -2.51. The predicted octanol–water partition coefficient (Wildman–Crippen LogP) is 1.88. The topological polar surface area (TPSA) is 37.4 Å². The van der Waals surface area contributed by atoms with Crippen molar-refractivity contribution in [2.24, 2.45) is 5.92 Å². The van der Waals surface area contributed by atoms with Crippen LogP contribution >= 0.6 is 0 Å². The number of hydrogen-bond acceptors (Lipinski definition) is 2. The number of nitrogens with zero attached hydrogens (tertiary/aromatic N) is 1. The van der Waals surface area contributed by atoms with Crippen LogP contribution in [0.4, 0.5) is 0 Å². The maximum Gasteiger partial charge on any atom is 0.254 e. The third-order valence-corrected chi connectivity index (χ3v) is 3.70. The largest absolute Gasteiger partial charge is 0.269 e. The molecule has 0 atom stereocenters. The molecule has 82 valence electrons. The Kier molecular flexibility index (Phi) is 2.41. The number of rotatable bonds is 1. The summed E-state index contributed by atoms with van der Waals surface area (Å²) < 4.78 is 0. The molecule has 0 saturated heterocycles. The van der Waals surface area contributed by atoms with E-state index in [4.69, 9.17) is 0 Å². The van der Waals surface area contributed by atoms with Gasteiger partial charge in [0.05, 0.1) is 0 Å². The Morgan fingerprint density at radius 3 is 2.13 bits per heavy atom. The van der Waals surface area contributed by atoms with Gasteiger partial charge in [0.25, 0.3) is 11.8 Å². The van der Waals surface area contributed by atoms with E-state index in [1.165, 1.54) is 17.1 Å². The molecule has 2 aliphatic rings. The summed E-state index contributed by atoms with van der Waals surface area (Å²) in [5.41, 5.74) is -0.246. The predicted molar refractivity (Wildman–Crippen MR) is 57.0 cm³/mol. The fourth-order valence-electron chi connectivity index (χ4n) is 2.54. The van der Waals surface area contributed by atoms with Crippen LogP contribution in [0.15, 0.2) is 12.2 Å². The second kappa shape index (κ2) is 3.47. The van der Waals surface area contributed by atoms with Crippen molar-refractivity contribution in [3.05, 3.63) is 12.2 Å². The van der Waals surface area contributed by atoms with Gasteiger partial charge in [-0.2, -0.15) is 0 Å². The molecule has 1 aliphatic carbocycles. The van der Waals surface area contributed by atoms with Gasteiger partial charge in [-0.1, -0.05) is 6.92 Å². The van der Waals surface area contributed by atoms with E-state index in [9.17, 15) is 9.59 Å². The average Bonchev–Trinajstić information content (AvgIpc) is 2.52. The number of hydrogen-bond donors (Lipinski definition) is 0. The molecule has 0 aromatic carbocycles. The van der Waals surface area contributed by atoms with Crippen molar-refractivity contribution in [1.29, 1.82) is 0 Å². The van der Waals surface area contributed by atoms with Gasteiger partial charge in [0.1, 0.15) is 0 Å². The highest BCUT2D eigenvalue weighted by atomic mass is 16.2. The van der Waals surface area contributed by atoms with E-state index in [1.807, 2.05) is 6.92 Å². The molecule has 0 unspecified atom stereocenters. The maximum atomic E-state index is 11.6. The van der Waals surface area contributed by atoms with Gasteiger partial charge >= 0.3 is 0 Å². The second-order valence-electron chi connectivity index (χ2n) is 5.02. The molecule has 2 amide bonds. The van der Waals surface area contributed by atoms with Crippen molar-refractivity contribution < 1.29 is 9.59 Å². The average molecular weight is 207 g/mol. The molecule has 0 radical (unpaired) electrons. The third kappa shape index (κ3) is 1.71. The smallest absolute Gasteiger partial charge is 0.254 e. The molecule has 0 bridgehead atoms. The van der Waals surface area contributed by atoms with Gasteiger partial charge in [0.2, 0.25) is 0 Å². The van der Waals surface area contributed by atoms with Crippen molar-refractivity contribution in [2.75, 3.05) is 0 Å². The van der Waals surface area contributed by atoms with Crippen LogP contribution in [0.1, 0.15) is 39.5 Å². The van der Waals surface area contributed by atoms with Gasteiger partial charge < -0.3 is 0 Å². The van der Waals surface area contributed by atoms with E-state index in [0.717, 1.165) is 31.6 Å². The molecule has 1 saturated carbocycles. The molecule has 0 spiro atoms. The summed E-state index contributed by atoms with van der Waals surface area (Å²) in [5.74, 6) is 0.438. The van der Waals surface area contributed by atoms with E-state index in [0.29, 0.717) is 0 Å². The summed E-state index contributed by atoms with van der Waals surface area (Å²) in [4.78, 5) is 24.6. The second-order valence-corrected chi connectivity index (χ2v) is 5.02. The minimum atomic E-state index is -0.246. The molecule has 3 nitrogen and oxygen atoms in total. The van der Waals surface area contributed by atoms with E-state index in [2.05, 4.69) is 6.92 Å². The van der Waals surface area contributed by atoms with Gasteiger partial charge in [-0.25, -0.2) is 0 Å². The Morgan fingerprint density at radius 1 is 1.20 bits per heavy atom. The fraction of sp³-hybridized carbons (Fsp3) is 0.667. The van der Waals surface area contributed by atoms with Gasteiger partial charge in [-0.05, 0) is 38.5 Å². The quantitative estimate of drug-likeness (QED) is 0.616. The molecular weight excluding hydrogens is 190 g/mol. The van der Waals surface area contributed by atoms with E-state index < -0.39 is 0 Å². The Bertz CT molecular complexity index is 307. The fourth-order valence-corrected chi connectivity index (χ4v) is 2.54. The summed E-state index contributed by atoms with van der Waals surface area (Å²) in [6, 6.07) is 0. The summed E-state index contributed by atoms with van der Waals surface area (Å²) in [6.07, 6.45) is 6.85. The van der Waals surface area contributed by atoms with Crippen molar-refractivity contribution >= 4 is 11.8 Å². The Labute approximate surface area is 90.1 Å². The molecule has 0 aromatic heterocycles. The van der Waals surface area contributed by atoms with Crippen LogP contribution in [-0.2, 0) is 9.59 Å². The highest BCUT2D eigenvalue weighted by molar-refractivity contribution is 6.13. The first-order valence-corrected chi connectivity index (χ1v) is 5.59. The lowest BCUT2D eigenvalue weighted by atomic mass is 9.77. The Balaban J connectivity index is 2.16. The van der Waals surface area contributed by atoms with Crippen LogP contribution in [0, 0.1) is 5.92 Å². The molecule has 15 heavy (non-hydrogen) atoms. The van der Waals surface area contributed by atoms with Gasteiger partial charge in [-0.3, -0.25) is 14.5 Å². The van der Waals surface area contributed by atoms with Crippen LogP contribution in [0.2, 0.25) is 0 Å². The van der Waals surface area contributed by atoms with Crippen LogP contribution in [0.5, 0.6) is 0 Å². The zero-order valence-electron chi connectivity index (χ0n) is 9.32. The van der Waals surface area contributed by atoms with E-state index >= 15 is 0 Å². The van der Waals surface area contributed by atoms with Crippen molar-refractivity contribution in [3.63, 3.8) is 0 Å². The molecule has 1 aliphatic heterocycles. The Morgan fingerprint density at radius 2 is 1.67 bits per heavy atom. The molecule has 0 N–H and O–H groups in total. The van der Waals surface area contributed by atoms with E-state index in [1.54, 1.807) is 0 Å². The number of carbonyl (C=O) groups is 2. The molecule has 1 fully saturated rings. The van der Waals surface area contributed by atoms with Crippen molar-refractivity contribution in [1.82, 2.24) is 4.90 Å². The lowest BCUT2D eigenvalue weighted by Gasteiger charge is -2.42. The number of amides is 2. The minimum Gasteiger partial charge on any atom is -0.269 e. The summed E-state index contributed by atoms with van der Waals surface area (Å²) in [7, 11) is 0. The molecule has 0 aromatic rings. The third-order valence-electron chi connectivity index (χ3n) is 3.70. The monoisotopic (exact) mass is 207 g/mol. The van der Waals surface area contributed by atoms with Crippen LogP contribution in [0.3, 0.4) is 0 Å². The zero-order chi connectivity index (χ0) is 11.1. The number of carbonyl (C=O) groups excluding carboxylic acids is 2. The van der Waals surface area contributed by atoms with Crippen molar-refractivity contribution in [2.45, 2.75) is 45.1 Å². The summed E-state index contributed by atoms with van der Waals surface area (Å²) >= 11 is 0. The molecular formula is C12H17NO2. The van der Waals surface area contributed by atoms with Crippen LogP contribution < -0.4 is 0 Å². The molecule has 1 heterocycles. The first-order valence-electron chi connectivity index (χ1n) is 5.59. The van der Waals surface area contributed by atoms with Crippen molar-refractivity contribution in [3.8, 4) is 0 Å². The summed E-state index contributed by atoms with van der Waals surface area (Å²) in [6.45, 7) is 4.26. The van der Waals surface area contributed by atoms with Crippen LogP contribution in [-0.4, -0.2) is 22.3 Å². The standard InChI is InChI=1S/C12H17NO2/c1-9-5-7-12(2,8-6-9)13-10(14)3-4-11(13)15/h3-4,9H,5-8H2,1-2H3. The van der Waals surface area contributed by atoms with Gasteiger partial charge in [-0.15, -0.1) is 0 Å². The highest BCUT2D eigenvalue weighted by Crippen LogP contribution is 2.37. The molecule has 2 rings (SSSR count). The summed E-state index contributed by atoms with van der Waals surface area (Å²) in [5, 5.41) is 0. The molecule has 3 heteroatoms. The maximum absolute atomic E-state index is 11.6. The van der Waals surface area contributed by atoms with Gasteiger partial charge in [0, 0.05) is 17.7 Å². The lowest BCUT2D eigenvalue weighted by molar-refractivity contribution is -0.145.